The molecule has 1 unspecified atom stereocenters. The van der Waals surface area contributed by atoms with Crippen LogP contribution in [0.25, 0.3) is 11.0 Å². The topological polar surface area (TPSA) is 51.2 Å². The number of hydrogen-bond acceptors (Lipinski definition) is 3. The van der Waals surface area contributed by atoms with E-state index in [4.69, 9.17) is 10.3 Å². The van der Waals surface area contributed by atoms with E-state index >= 15 is 0 Å². The van der Waals surface area contributed by atoms with Gasteiger partial charge in [-0.1, -0.05) is 13.8 Å². The Labute approximate surface area is 106 Å². The number of furan rings is 1. The van der Waals surface area contributed by atoms with Gasteiger partial charge in [-0.05, 0) is 37.5 Å². The molecule has 0 saturated carbocycles. The number of nitrogens with one attached hydrogen (secondary N) is 1. The lowest BCUT2D eigenvalue weighted by molar-refractivity contribution is 0.374. The molecule has 0 radical (unpaired) electrons. The normalized spacial score (nSPS) is 13.4. The second-order valence-electron chi connectivity index (χ2n) is 5.08. The summed E-state index contributed by atoms with van der Waals surface area (Å²) in [6.45, 7) is 6.19. The average molecular weight is 250 g/mol. The van der Waals surface area contributed by atoms with Crippen LogP contribution in [0.1, 0.15) is 37.6 Å². The fourth-order valence-electron chi connectivity index (χ4n) is 2.27. The van der Waals surface area contributed by atoms with E-state index < -0.39 is 0 Å². The summed E-state index contributed by atoms with van der Waals surface area (Å²) in [6, 6.07) is 4.52. The van der Waals surface area contributed by atoms with Crippen molar-refractivity contribution in [1.82, 2.24) is 5.43 Å². The highest BCUT2D eigenvalue weighted by atomic mass is 19.1. The van der Waals surface area contributed by atoms with E-state index in [1.54, 1.807) is 6.07 Å². The molecule has 0 aliphatic heterocycles. The maximum atomic E-state index is 13.2. The van der Waals surface area contributed by atoms with E-state index in [-0.39, 0.29) is 11.9 Å². The Balaban J connectivity index is 2.47. The number of hydrogen-bond donors (Lipinski definition) is 2. The predicted molar refractivity (Wildman–Crippen MR) is 70.4 cm³/mol. The molecule has 0 aliphatic rings. The van der Waals surface area contributed by atoms with Crippen molar-refractivity contribution in [2.75, 3.05) is 0 Å². The number of rotatable bonds is 4. The van der Waals surface area contributed by atoms with Crippen LogP contribution in [0.15, 0.2) is 22.6 Å². The number of hydrazine groups is 1. The molecule has 3 nitrogen and oxygen atoms in total. The van der Waals surface area contributed by atoms with Crippen molar-refractivity contribution < 1.29 is 8.81 Å². The van der Waals surface area contributed by atoms with Crippen molar-refractivity contribution in [3.8, 4) is 0 Å². The van der Waals surface area contributed by atoms with E-state index in [0.717, 1.165) is 23.1 Å². The Morgan fingerprint density at radius 1 is 1.39 bits per heavy atom. The second kappa shape index (κ2) is 5.08. The van der Waals surface area contributed by atoms with Crippen LogP contribution in [-0.2, 0) is 0 Å². The summed E-state index contributed by atoms with van der Waals surface area (Å²) < 4.78 is 19.0. The molecule has 2 rings (SSSR count). The van der Waals surface area contributed by atoms with Gasteiger partial charge >= 0.3 is 0 Å². The second-order valence-corrected chi connectivity index (χ2v) is 5.08. The molecule has 3 N–H and O–H groups in total. The summed E-state index contributed by atoms with van der Waals surface area (Å²) >= 11 is 0. The number of nitrogens with two attached hydrogens (primary N) is 1. The first-order valence-corrected chi connectivity index (χ1v) is 6.17. The lowest BCUT2D eigenvalue weighted by Crippen LogP contribution is -2.29. The Hall–Kier alpha value is -1.39. The summed E-state index contributed by atoms with van der Waals surface area (Å²) in [7, 11) is 0. The Morgan fingerprint density at radius 3 is 2.72 bits per heavy atom. The number of fused-ring (bicyclic) bond motifs is 1. The molecule has 0 saturated heterocycles. The number of aryl methyl sites for hydroxylation is 1. The maximum absolute atomic E-state index is 13.2. The highest BCUT2D eigenvalue weighted by Gasteiger charge is 2.20. The monoisotopic (exact) mass is 250 g/mol. The molecule has 0 spiro atoms. The van der Waals surface area contributed by atoms with Gasteiger partial charge < -0.3 is 4.42 Å². The van der Waals surface area contributed by atoms with Gasteiger partial charge in [-0.15, -0.1) is 0 Å². The molecule has 1 atom stereocenters. The standard InChI is InChI=1S/C14H19FN2O/c1-8(2)6-12(17-16)14-9(3)11-7-10(15)4-5-13(11)18-14/h4-5,7-8,12,17H,6,16H2,1-3H3. The first-order valence-electron chi connectivity index (χ1n) is 6.17. The summed E-state index contributed by atoms with van der Waals surface area (Å²) in [5.74, 6) is 6.63. The third kappa shape index (κ3) is 2.40. The van der Waals surface area contributed by atoms with E-state index in [1.165, 1.54) is 12.1 Å². The van der Waals surface area contributed by atoms with Crippen LogP contribution in [0, 0.1) is 18.7 Å². The summed E-state index contributed by atoms with van der Waals surface area (Å²) in [4.78, 5) is 0. The fraction of sp³-hybridized carbons (Fsp3) is 0.429. The van der Waals surface area contributed by atoms with E-state index in [9.17, 15) is 4.39 Å². The first-order chi connectivity index (χ1) is 8.52. The minimum atomic E-state index is -0.251. The quantitative estimate of drug-likeness (QED) is 0.645. The molecular formula is C14H19FN2O. The zero-order chi connectivity index (χ0) is 13.3. The number of halogens is 1. The molecule has 98 valence electrons. The molecule has 4 heteroatoms. The third-order valence-corrected chi connectivity index (χ3v) is 3.16. The van der Waals surface area contributed by atoms with Crippen LogP contribution in [-0.4, -0.2) is 0 Å². The number of benzene rings is 1. The van der Waals surface area contributed by atoms with Gasteiger partial charge in [-0.3, -0.25) is 5.84 Å². The van der Waals surface area contributed by atoms with Gasteiger partial charge in [0.1, 0.15) is 17.2 Å². The lowest BCUT2D eigenvalue weighted by Gasteiger charge is -2.16. The van der Waals surface area contributed by atoms with Crippen molar-refractivity contribution in [2.45, 2.75) is 33.2 Å². The molecule has 1 heterocycles. The lowest BCUT2D eigenvalue weighted by atomic mass is 9.99. The Kier molecular flexibility index (Phi) is 3.68. The molecule has 0 aliphatic carbocycles. The maximum Gasteiger partial charge on any atom is 0.134 e. The molecule has 0 fully saturated rings. The van der Waals surface area contributed by atoms with E-state index in [0.29, 0.717) is 11.5 Å². The zero-order valence-electron chi connectivity index (χ0n) is 11.0. The van der Waals surface area contributed by atoms with Gasteiger partial charge in [0.25, 0.3) is 0 Å². The van der Waals surface area contributed by atoms with Crippen LogP contribution < -0.4 is 11.3 Å². The van der Waals surface area contributed by atoms with Crippen LogP contribution >= 0.6 is 0 Å². The first kappa shape index (κ1) is 13.1. The minimum Gasteiger partial charge on any atom is -0.459 e. The van der Waals surface area contributed by atoms with Crippen LogP contribution in [0.3, 0.4) is 0 Å². The van der Waals surface area contributed by atoms with Gasteiger partial charge in [0, 0.05) is 10.9 Å². The van der Waals surface area contributed by atoms with Gasteiger partial charge in [-0.2, -0.15) is 0 Å². The van der Waals surface area contributed by atoms with Gasteiger partial charge in [0.05, 0.1) is 6.04 Å². The molecule has 2 aromatic rings. The van der Waals surface area contributed by atoms with Crippen molar-refractivity contribution in [1.29, 1.82) is 0 Å². The van der Waals surface area contributed by atoms with Gasteiger partial charge in [-0.25, -0.2) is 9.82 Å². The highest BCUT2D eigenvalue weighted by molar-refractivity contribution is 5.82. The van der Waals surface area contributed by atoms with Crippen LogP contribution in [0.5, 0.6) is 0 Å². The van der Waals surface area contributed by atoms with Crippen LogP contribution in [0.2, 0.25) is 0 Å². The minimum absolute atomic E-state index is 0.0412. The smallest absolute Gasteiger partial charge is 0.134 e. The summed E-state index contributed by atoms with van der Waals surface area (Å²) in [5, 5.41) is 0.814. The summed E-state index contributed by atoms with van der Waals surface area (Å²) in [5.41, 5.74) is 4.43. The summed E-state index contributed by atoms with van der Waals surface area (Å²) in [6.07, 6.45) is 0.875. The largest absolute Gasteiger partial charge is 0.459 e. The van der Waals surface area contributed by atoms with Crippen molar-refractivity contribution in [3.63, 3.8) is 0 Å². The van der Waals surface area contributed by atoms with Crippen molar-refractivity contribution in [3.05, 3.63) is 35.3 Å². The fourth-order valence-corrected chi connectivity index (χ4v) is 2.27. The Bertz CT molecular complexity index is 548. The van der Waals surface area contributed by atoms with Gasteiger partial charge in [0.2, 0.25) is 0 Å². The molecule has 18 heavy (non-hydrogen) atoms. The SMILES string of the molecule is Cc1c(C(CC(C)C)NN)oc2ccc(F)cc12. The highest BCUT2D eigenvalue weighted by Crippen LogP contribution is 2.32. The molecular weight excluding hydrogens is 231 g/mol. The van der Waals surface area contributed by atoms with Crippen molar-refractivity contribution in [2.24, 2.45) is 11.8 Å². The average Bonchev–Trinajstić information content (AvgIpc) is 2.64. The third-order valence-electron chi connectivity index (χ3n) is 3.16. The zero-order valence-corrected chi connectivity index (χ0v) is 11.0. The van der Waals surface area contributed by atoms with Crippen LogP contribution in [0.4, 0.5) is 4.39 Å². The van der Waals surface area contributed by atoms with Crippen molar-refractivity contribution >= 4 is 11.0 Å². The van der Waals surface area contributed by atoms with E-state index in [2.05, 4.69) is 19.3 Å². The molecule has 1 aromatic carbocycles. The molecule has 1 aromatic heterocycles. The predicted octanol–water partition coefficient (Wildman–Crippen LogP) is 3.43. The van der Waals surface area contributed by atoms with E-state index in [1.807, 2.05) is 6.92 Å². The Morgan fingerprint density at radius 2 is 2.11 bits per heavy atom. The van der Waals surface area contributed by atoms with Gasteiger partial charge in [0.15, 0.2) is 0 Å². The molecule has 0 bridgehead atoms. The molecule has 0 amide bonds.